The summed E-state index contributed by atoms with van der Waals surface area (Å²) in [6, 6.07) is 14.6. The molecule has 0 bridgehead atoms. The summed E-state index contributed by atoms with van der Waals surface area (Å²) in [6.07, 6.45) is 0. The fraction of sp³-hybridized carbons (Fsp3) is 0. The van der Waals surface area contributed by atoms with Gasteiger partial charge in [0.2, 0.25) is 0 Å². The molecular weight excluding hydrogens is 254 g/mol. The Balaban J connectivity index is 0.000000722. The van der Waals surface area contributed by atoms with Crippen LogP contribution in [0, 0.1) is 12.1 Å². The molecule has 0 unspecified atom stereocenters. The first-order valence-electron chi connectivity index (χ1n) is 4.43. The van der Waals surface area contributed by atoms with Crippen LogP contribution in [0.25, 0.3) is 19.5 Å². The second-order valence-electron chi connectivity index (χ2n) is 2.99. The minimum atomic E-state index is 0. The molecule has 0 spiro atoms. The van der Waals surface area contributed by atoms with Crippen LogP contribution >= 0.6 is 34.0 Å². The van der Waals surface area contributed by atoms with Crippen molar-refractivity contribution in [1.82, 2.24) is 0 Å². The smallest absolute Gasteiger partial charge is 0.264 e. The van der Waals surface area contributed by atoms with Gasteiger partial charge >= 0.3 is 37.7 Å². The Kier molecular flexibility index (Phi) is 6.34. The Labute approximate surface area is 137 Å². The van der Waals surface area contributed by atoms with E-state index < -0.39 is 0 Å². The molecule has 0 amide bonds. The van der Waals surface area contributed by atoms with Crippen LogP contribution in [0.4, 0.5) is 0 Å². The zero-order valence-electron chi connectivity index (χ0n) is 9.69. The van der Waals surface area contributed by atoms with Crippen LogP contribution in [0.3, 0.4) is 0 Å². The molecule has 0 atom stereocenters. The molecule has 3 heterocycles. The van der Waals surface area contributed by atoms with Gasteiger partial charge in [-0.05, 0) is 9.75 Å². The van der Waals surface area contributed by atoms with Gasteiger partial charge < -0.3 is 0 Å². The quantitative estimate of drug-likeness (QED) is 0.402. The van der Waals surface area contributed by atoms with E-state index in [1.165, 1.54) is 19.5 Å². The van der Waals surface area contributed by atoms with Crippen LogP contribution < -0.4 is 37.7 Å². The van der Waals surface area contributed by atoms with E-state index in [0.29, 0.717) is 0 Å². The summed E-state index contributed by atoms with van der Waals surface area (Å²) in [7, 11) is 0. The molecule has 0 saturated carbocycles. The average molecular weight is 260 g/mol. The Morgan fingerprint density at radius 3 is 1.53 bits per heavy atom. The van der Waals surface area contributed by atoms with E-state index in [1.54, 1.807) is 22.7 Å². The number of rotatable bonds is 2. The third-order valence-corrected chi connectivity index (χ3v) is 5.13. The monoisotopic (exact) mass is 260 g/mol. The first-order chi connectivity index (χ1) is 7.43. The van der Waals surface area contributed by atoms with Gasteiger partial charge in [0.05, 0.1) is 0 Å². The van der Waals surface area contributed by atoms with Crippen LogP contribution in [-0.4, -0.2) is 0 Å². The molecule has 0 fully saturated rings. The molecular formula is C12H6Li2S3. The summed E-state index contributed by atoms with van der Waals surface area (Å²) < 4.78 is 0. The Morgan fingerprint density at radius 2 is 1.18 bits per heavy atom. The third kappa shape index (κ3) is 3.40. The van der Waals surface area contributed by atoms with Crippen LogP contribution in [0.1, 0.15) is 0 Å². The molecule has 0 aromatic carbocycles. The first-order valence-corrected chi connectivity index (χ1v) is 7.01. The van der Waals surface area contributed by atoms with Crippen molar-refractivity contribution in [3.05, 3.63) is 47.2 Å². The van der Waals surface area contributed by atoms with E-state index in [-0.39, 0.29) is 37.7 Å². The Morgan fingerprint density at radius 1 is 0.706 bits per heavy atom. The van der Waals surface area contributed by atoms with Gasteiger partial charge in [0.15, 0.2) is 0 Å². The van der Waals surface area contributed by atoms with E-state index in [2.05, 4.69) is 24.3 Å². The zero-order valence-corrected chi connectivity index (χ0v) is 12.1. The third-order valence-electron chi connectivity index (χ3n) is 2.03. The maximum absolute atomic E-state index is 3.09. The summed E-state index contributed by atoms with van der Waals surface area (Å²) in [5.74, 6) is 0. The van der Waals surface area contributed by atoms with Gasteiger partial charge in [-0.3, -0.25) is 22.7 Å². The molecule has 3 aromatic rings. The topological polar surface area (TPSA) is 0 Å². The molecule has 3 aromatic heterocycles. The van der Waals surface area contributed by atoms with Crippen molar-refractivity contribution in [2.75, 3.05) is 0 Å². The molecule has 0 saturated heterocycles. The second-order valence-corrected chi connectivity index (χ2v) is 5.89. The average Bonchev–Trinajstić information content (AvgIpc) is 3.02. The standard InChI is InChI=1S/C12H6S3.2Li/c1-3-9(13-7-1)11-5-6-12(15-11)10-4-2-8-14-10;;/h3-8H;;/q-2;2*+1. The summed E-state index contributed by atoms with van der Waals surface area (Å²) in [4.78, 5) is 5.24. The van der Waals surface area contributed by atoms with Gasteiger partial charge in [-0.25, -0.2) is 24.3 Å². The molecule has 17 heavy (non-hydrogen) atoms. The van der Waals surface area contributed by atoms with Gasteiger partial charge in [-0.1, -0.05) is 12.1 Å². The van der Waals surface area contributed by atoms with Gasteiger partial charge in [0.25, 0.3) is 0 Å². The summed E-state index contributed by atoms with van der Waals surface area (Å²) >= 11 is 5.30. The number of hydrogen-bond donors (Lipinski definition) is 0. The molecule has 0 nitrogen and oxygen atoms in total. The van der Waals surface area contributed by atoms with Crippen LogP contribution in [0.15, 0.2) is 35.0 Å². The Hall–Kier alpha value is 0.295. The summed E-state index contributed by atoms with van der Waals surface area (Å²) in [5.41, 5.74) is 0. The fourth-order valence-corrected chi connectivity index (χ4v) is 3.88. The van der Waals surface area contributed by atoms with Gasteiger partial charge in [0, 0.05) is 0 Å². The first kappa shape index (κ1) is 15.4. The minimum absolute atomic E-state index is 0. The van der Waals surface area contributed by atoms with Gasteiger partial charge in [-0.15, -0.1) is 20.5 Å². The normalized spacial score (nSPS) is 9.41. The van der Waals surface area contributed by atoms with E-state index in [0.717, 1.165) is 0 Å². The van der Waals surface area contributed by atoms with E-state index in [4.69, 9.17) is 0 Å². The van der Waals surface area contributed by atoms with Crippen molar-refractivity contribution in [3.63, 3.8) is 0 Å². The van der Waals surface area contributed by atoms with Crippen molar-refractivity contribution in [2.45, 2.75) is 0 Å². The van der Waals surface area contributed by atoms with Crippen LogP contribution in [0.5, 0.6) is 0 Å². The van der Waals surface area contributed by atoms with Gasteiger partial charge in [-0.2, -0.15) is 11.3 Å². The second kappa shape index (κ2) is 7.02. The zero-order chi connectivity index (χ0) is 10.1. The molecule has 0 aliphatic carbocycles. The van der Waals surface area contributed by atoms with E-state index in [1.807, 2.05) is 34.2 Å². The maximum atomic E-state index is 3.09. The van der Waals surface area contributed by atoms with E-state index >= 15 is 0 Å². The van der Waals surface area contributed by atoms with E-state index in [9.17, 15) is 0 Å². The summed E-state index contributed by atoms with van der Waals surface area (Å²) in [6.45, 7) is 0. The maximum Gasteiger partial charge on any atom is 1.00 e. The van der Waals surface area contributed by atoms with Crippen molar-refractivity contribution < 1.29 is 37.7 Å². The molecule has 3 rings (SSSR count). The molecule has 0 radical (unpaired) electrons. The summed E-state index contributed by atoms with van der Waals surface area (Å²) in [5, 5.41) is 3.99. The van der Waals surface area contributed by atoms with Crippen molar-refractivity contribution >= 4 is 34.0 Å². The fourth-order valence-electron chi connectivity index (χ4n) is 1.34. The van der Waals surface area contributed by atoms with Crippen molar-refractivity contribution in [1.29, 1.82) is 0 Å². The Bertz CT molecular complexity index is 489. The molecule has 0 aliphatic rings. The molecule has 0 N–H and O–H groups in total. The number of hydrogen-bond acceptors (Lipinski definition) is 3. The van der Waals surface area contributed by atoms with Crippen LogP contribution in [0.2, 0.25) is 0 Å². The minimum Gasteiger partial charge on any atom is -0.264 e. The van der Waals surface area contributed by atoms with Crippen LogP contribution in [-0.2, 0) is 0 Å². The molecule has 5 heteroatoms. The predicted molar refractivity (Wildman–Crippen MR) is 68.6 cm³/mol. The number of thiophene rings is 3. The predicted octanol–water partition coefficient (Wildman–Crippen LogP) is -1.19. The largest absolute Gasteiger partial charge is 1.00 e. The molecule has 74 valence electrons. The molecule has 0 aliphatic heterocycles. The van der Waals surface area contributed by atoms with Gasteiger partial charge in [0.1, 0.15) is 0 Å². The van der Waals surface area contributed by atoms with Crippen molar-refractivity contribution in [3.8, 4) is 19.5 Å². The van der Waals surface area contributed by atoms with Crippen molar-refractivity contribution in [2.24, 2.45) is 0 Å². The SMILES string of the molecule is [Li+].[Li+].[c-]1csc(-c2ccc(-c3c[c-]cs3)s2)c1.